The Morgan fingerprint density at radius 3 is 2.39 bits per heavy atom. The van der Waals surface area contributed by atoms with Crippen LogP contribution in [0, 0.1) is 0 Å². The second-order valence-electron chi connectivity index (χ2n) is 5.35. The van der Waals surface area contributed by atoms with Gasteiger partial charge in [0.05, 0.1) is 25.9 Å². The molecule has 0 aliphatic carbocycles. The smallest absolute Gasteiger partial charge is 0.413 e. The molecular formula is C16H23N3O4. The fraction of sp³-hybridized carbons (Fsp3) is 0.500. The topological polar surface area (TPSA) is 71.1 Å². The molecule has 0 aromatic heterocycles. The molecule has 1 aromatic carbocycles. The Labute approximate surface area is 136 Å². The third kappa shape index (κ3) is 4.13. The summed E-state index contributed by atoms with van der Waals surface area (Å²) < 4.78 is 9.84. The molecular weight excluding hydrogens is 298 g/mol. The molecule has 1 saturated heterocycles. The average molecular weight is 321 g/mol. The van der Waals surface area contributed by atoms with Gasteiger partial charge in [-0.3, -0.25) is 15.0 Å². The van der Waals surface area contributed by atoms with E-state index in [2.05, 4.69) is 15.0 Å². The van der Waals surface area contributed by atoms with Crippen molar-refractivity contribution in [2.45, 2.75) is 13.0 Å². The highest BCUT2D eigenvalue weighted by molar-refractivity contribution is 5.94. The minimum atomic E-state index is -0.727. The van der Waals surface area contributed by atoms with Crippen molar-refractivity contribution in [3.8, 4) is 5.75 Å². The van der Waals surface area contributed by atoms with Crippen LogP contribution in [0.4, 0.5) is 10.5 Å². The minimum Gasteiger partial charge on any atom is -0.495 e. The number of imide groups is 1. The van der Waals surface area contributed by atoms with Crippen molar-refractivity contribution in [2.24, 2.45) is 0 Å². The summed E-state index contributed by atoms with van der Waals surface area (Å²) >= 11 is 0. The summed E-state index contributed by atoms with van der Waals surface area (Å²) in [6.45, 7) is 4.82. The van der Waals surface area contributed by atoms with E-state index in [-0.39, 0.29) is 11.9 Å². The van der Waals surface area contributed by atoms with Gasteiger partial charge in [-0.15, -0.1) is 0 Å². The number of piperazine rings is 1. The minimum absolute atomic E-state index is 0.345. The number of nitrogens with zero attached hydrogens (tertiary/aromatic N) is 2. The molecule has 1 aliphatic heterocycles. The van der Waals surface area contributed by atoms with Crippen LogP contribution >= 0.6 is 0 Å². The molecule has 1 heterocycles. The molecule has 0 saturated carbocycles. The van der Waals surface area contributed by atoms with Crippen LogP contribution in [0.3, 0.4) is 0 Å². The molecule has 1 aliphatic rings. The molecule has 0 radical (unpaired) electrons. The zero-order valence-corrected chi connectivity index (χ0v) is 13.7. The van der Waals surface area contributed by atoms with Gasteiger partial charge in [0.1, 0.15) is 5.75 Å². The average Bonchev–Trinajstić information content (AvgIpc) is 2.60. The molecule has 1 atom stereocenters. The number of para-hydroxylation sites is 2. The number of rotatable bonds is 4. The highest BCUT2D eigenvalue weighted by atomic mass is 16.5. The molecule has 2 amide bonds. The number of ether oxygens (including phenoxy) is 2. The third-order valence-corrected chi connectivity index (χ3v) is 4.08. The number of nitrogens with one attached hydrogen (secondary N) is 1. The fourth-order valence-corrected chi connectivity index (χ4v) is 2.66. The lowest BCUT2D eigenvalue weighted by molar-refractivity contribution is -0.125. The molecule has 1 fully saturated rings. The van der Waals surface area contributed by atoms with Gasteiger partial charge in [0.25, 0.3) is 0 Å². The van der Waals surface area contributed by atoms with Crippen molar-refractivity contribution in [1.29, 1.82) is 0 Å². The van der Waals surface area contributed by atoms with Crippen molar-refractivity contribution < 1.29 is 19.1 Å². The van der Waals surface area contributed by atoms with Crippen molar-refractivity contribution >= 4 is 17.7 Å². The van der Waals surface area contributed by atoms with E-state index in [1.807, 2.05) is 29.2 Å². The number of hydrogen-bond acceptors (Lipinski definition) is 6. The number of methoxy groups -OCH3 is 2. The second-order valence-corrected chi connectivity index (χ2v) is 5.35. The van der Waals surface area contributed by atoms with Crippen LogP contribution in [-0.4, -0.2) is 63.3 Å². The van der Waals surface area contributed by atoms with E-state index in [9.17, 15) is 9.59 Å². The van der Waals surface area contributed by atoms with E-state index >= 15 is 0 Å². The first kappa shape index (κ1) is 17.1. The molecule has 0 unspecified atom stereocenters. The summed E-state index contributed by atoms with van der Waals surface area (Å²) in [5.41, 5.74) is 1.06. The van der Waals surface area contributed by atoms with Crippen LogP contribution in [-0.2, 0) is 9.53 Å². The maximum atomic E-state index is 12.0. The maximum Gasteiger partial charge on any atom is 0.413 e. The fourth-order valence-electron chi connectivity index (χ4n) is 2.66. The number of alkyl carbamates (subject to hydrolysis) is 1. The van der Waals surface area contributed by atoms with E-state index in [1.54, 1.807) is 14.0 Å². The number of carbonyl (C=O) groups excluding carboxylic acids is 2. The molecule has 2 rings (SSSR count). The SMILES string of the molecule is COC(=O)NC(=O)[C@H](C)N1CCN(c2ccccc2OC)CC1. The maximum absolute atomic E-state index is 12.0. The number of anilines is 1. The number of carbonyl (C=O) groups is 2. The Morgan fingerprint density at radius 2 is 1.78 bits per heavy atom. The lowest BCUT2D eigenvalue weighted by Gasteiger charge is -2.38. The zero-order chi connectivity index (χ0) is 16.8. The van der Waals surface area contributed by atoms with Gasteiger partial charge in [-0.25, -0.2) is 4.79 Å². The van der Waals surface area contributed by atoms with Gasteiger partial charge >= 0.3 is 6.09 Å². The van der Waals surface area contributed by atoms with E-state index < -0.39 is 6.09 Å². The summed E-state index contributed by atoms with van der Waals surface area (Å²) in [7, 11) is 2.90. The van der Waals surface area contributed by atoms with E-state index in [0.717, 1.165) is 37.6 Å². The van der Waals surface area contributed by atoms with Crippen LogP contribution in [0.25, 0.3) is 0 Å². The van der Waals surface area contributed by atoms with Crippen molar-refractivity contribution in [3.05, 3.63) is 24.3 Å². The highest BCUT2D eigenvalue weighted by Crippen LogP contribution is 2.28. The first-order chi connectivity index (χ1) is 11.1. The van der Waals surface area contributed by atoms with Gasteiger partial charge in [0, 0.05) is 26.2 Å². The summed E-state index contributed by atoms with van der Waals surface area (Å²) in [6.07, 6.45) is -0.727. The highest BCUT2D eigenvalue weighted by Gasteiger charge is 2.27. The van der Waals surface area contributed by atoms with Crippen LogP contribution in [0.15, 0.2) is 24.3 Å². The lowest BCUT2D eigenvalue weighted by atomic mass is 10.2. The van der Waals surface area contributed by atoms with Crippen LogP contribution in [0.1, 0.15) is 6.92 Å². The number of amides is 2. The Kier molecular flexibility index (Phi) is 5.81. The van der Waals surface area contributed by atoms with Gasteiger partial charge in [-0.2, -0.15) is 0 Å². The van der Waals surface area contributed by atoms with Gasteiger partial charge in [0.2, 0.25) is 5.91 Å². The molecule has 1 N–H and O–H groups in total. The predicted molar refractivity (Wildman–Crippen MR) is 86.8 cm³/mol. The summed E-state index contributed by atoms with van der Waals surface area (Å²) in [5, 5.41) is 2.21. The molecule has 7 nitrogen and oxygen atoms in total. The standard InChI is InChI=1S/C16H23N3O4/c1-12(15(20)17-16(21)23-3)18-8-10-19(11-9-18)13-6-4-5-7-14(13)22-2/h4-7,12H,8-11H2,1-3H3,(H,17,20,21)/t12-/m0/s1. The van der Waals surface area contributed by atoms with Crippen LogP contribution in [0.2, 0.25) is 0 Å². The summed E-state index contributed by atoms with van der Waals surface area (Å²) in [5.74, 6) is 0.500. The molecule has 126 valence electrons. The Balaban J connectivity index is 1.93. The Hall–Kier alpha value is -2.28. The second kappa shape index (κ2) is 7.82. The van der Waals surface area contributed by atoms with Crippen LogP contribution in [0.5, 0.6) is 5.75 Å². The van der Waals surface area contributed by atoms with Gasteiger partial charge < -0.3 is 14.4 Å². The van der Waals surface area contributed by atoms with E-state index in [4.69, 9.17) is 4.74 Å². The monoisotopic (exact) mass is 321 g/mol. The van der Waals surface area contributed by atoms with Crippen LogP contribution < -0.4 is 15.0 Å². The van der Waals surface area contributed by atoms with Gasteiger partial charge in [-0.1, -0.05) is 12.1 Å². The third-order valence-electron chi connectivity index (χ3n) is 4.08. The normalized spacial score (nSPS) is 16.6. The molecule has 23 heavy (non-hydrogen) atoms. The lowest BCUT2D eigenvalue weighted by Crippen LogP contribution is -2.54. The summed E-state index contributed by atoms with van der Waals surface area (Å²) in [4.78, 5) is 27.4. The molecule has 0 bridgehead atoms. The molecule has 7 heteroatoms. The zero-order valence-electron chi connectivity index (χ0n) is 13.7. The molecule has 1 aromatic rings. The summed E-state index contributed by atoms with van der Waals surface area (Å²) in [6, 6.07) is 7.51. The Bertz CT molecular complexity index is 556. The molecule has 0 spiro atoms. The first-order valence-corrected chi connectivity index (χ1v) is 7.57. The number of hydrogen-bond donors (Lipinski definition) is 1. The van der Waals surface area contributed by atoms with Crippen molar-refractivity contribution in [3.63, 3.8) is 0 Å². The van der Waals surface area contributed by atoms with Gasteiger partial charge in [0.15, 0.2) is 0 Å². The van der Waals surface area contributed by atoms with E-state index in [0.29, 0.717) is 0 Å². The van der Waals surface area contributed by atoms with Crippen molar-refractivity contribution in [2.75, 3.05) is 45.3 Å². The van der Waals surface area contributed by atoms with Gasteiger partial charge in [-0.05, 0) is 19.1 Å². The predicted octanol–water partition coefficient (Wildman–Crippen LogP) is 1.09. The largest absolute Gasteiger partial charge is 0.495 e. The van der Waals surface area contributed by atoms with Crippen molar-refractivity contribution in [1.82, 2.24) is 10.2 Å². The van der Waals surface area contributed by atoms with E-state index in [1.165, 1.54) is 7.11 Å². The number of benzene rings is 1. The Morgan fingerprint density at radius 1 is 1.13 bits per heavy atom. The first-order valence-electron chi connectivity index (χ1n) is 7.57. The quantitative estimate of drug-likeness (QED) is 0.895.